The van der Waals surface area contributed by atoms with Gasteiger partial charge in [0.2, 0.25) is 0 Å². The first kappa shape index (κ1) is 13.4. The number of hydrogen-bond acceptors (Lipinski definition) is 1. The normalized spacial score (nSPS) is 13.6. The Hall–Kier alpha value is -0.690. The lowest BCUT2D eigenvalue weighted by Crippen LogP contribution is -2.25. The third-order valence-corrected chi connectivity index (χ3v) is 4.10. The average Bonchev–Trinajstić information content (AvgIpc) is 2.29. The topological polar surface area (TPSA) is 9.23 Å². The van der Waals surface area contributed by atoms with Crippen LogP contribution >= 0.6 is 11.6 Å². The Bertz CT molecular complexity index is 333. The summed E-state index contributed by atoms with van der Waals surface area (Å²) < 4.78 is 5.33. The maximum Gasteiger partial charge on any atom is 0.122 e. The van der Waals surface area contributed by atoms with Crippen LogP contribution in [-0.2, 0) is 6.42 Å². The van der Waals surface area contributed by atoms with Crippen LogP contribution < -0.4 is 4.74 Å². The summed E-state index contributed by atoms with van der Waals surface area (Å²) in [5.74, 6) is 0.931. The van der Waals surface area contributed by atoms with Gasteiger partial charge in [0.25, 0.3) is 0 Å². The smallest absolute Gasteiger partial charge is 0.122 e. The van der Waals surface area contributed by atoms with Gasteiger partial charge in [-0.25, -0.2) is 0 Å². The summed E-state index contributed by atoms with van der Waals surface area (Å²) in [6.45, 7) is 6.60. The highest BCUT2D eigenvalue weighted by Crippen LogP contribution is 2.33. The van der Waals surface area contributed by atoms with Crippen LogP contribution in [-0.4, -0.2) is 12.5 Å². The molecule has 1 aromatic rings. The first-order valence-electron chi connectivity index (χ1n) is 5.77. The third-order valence-electron chi connectivity index (χ3n) is 3.35. The van der Waals surface area contributed by atoms with E-state index in [0.717, 1.165) is 18.6 Å². The number of para-hydroxylation sites is 1. The molecule has 0 N–H and O–H groups in total. The standard InChI is InChI=1S/C14H21ClO/c1-5-14(2,3)13(15)10-11-8-6-7-9-12(11)16-4/h6-9,13H,5,10H2,1-4H3. The minimum Gasteiger partial charge on any atom is -0.496 e. The maximum absolute atomic E-state index is 6.48. The van der Waals surface area contributed by atoms with Gasteiger partial charge in [0, 0.05) is 5.38 Å². The Balaban J connectivity index is 2.80. The second-order valence-corrected chi connectivity index (χ2v) is 5.35. The van der Waals surface area contributed by atoms with Crippen LogP contribution in [0.4, 0.5) is 0 Å². The molecule has 0 spiro atoms. The molecule has 1 aromatic carbocycles. The Morgan fingerprint density at radius 1 is 1.31 bits per heavy atom. The molecule has 0 saturated carbocycles. The molecule has 1 atom stereocenters. The molecule has 1 nitrogen and oxygen atoms in total. The lowest BCUT2D eigenvalue weighted by atomic mass is 9.83. The number of alkyl halides is 1. The average molecular weight is 241 g/mol. The van der Waals surface area contributed by atoms with E-state index in [9.17, 15) is 0 Å². The van der Waals surface area contributed by atoms with E-state index in [1.165, 1.54) is 5.56 Å². The first-order chi connectivity index (χ1) is 7.51. The van der Waals surface area contributed by atoms with E-state index in [1.807, 2.05) is 18.2 Å². The van der Waals surface area contributed by atoms with Crippen molar-refractivity contribution in [1.82, 2.24) is 0 Å². The lowest BCUT2D eigenvalue weighted by molar-refractivity contribution is 0.327. The van der Waals surface area contributed by atoms with Gasteiger partial charge in [-0.1, -0.05) is 39.0 Å². The number of halogens is 1. The second-order valence-electron chi connectivity index (χ2n) is 4.83. The minimum atomic E-state index is 0.133. The van der Waals surface area contributed by atoms with Crippen molar-refractivity contribution >= 4 is 11.6 Å². The van der Waals surface area contributed by atoms with E-state index in [0.29, 0.717) is 0 Å². The van der Waals surface area contributed by atoms with Crippen molar-refractivity contribution in [1.29, 1.82) is 0 Å². The molecule has 0 amide bonds. The monoisotopic (exact) mass is 240 g/mol. The van der Waals surface area contributed by atoms with Gasteiger partial charge in [-0.3, -0.25) is 0 Å². The van der Waals surface area contributed by atoms with E-state index >= 15 is 0 Å². The van der Waals surface area contributed by atoms with Crippen LogP contribution in [0, 0.1) is 5.41 Å². The molecule has 1 rings (SSSR count). The van der Waals surface area contributed by atoms with Gasteiger partial charge in [-0.2, -0.15) is 0 Å². The second kappa shape index (κ2) is 5.58. The minimum absolute atomic E-state index is 0.133. The Labute approximate surface area is 104 Å². The van der Waals surface area contributed by atoms with E-state index in [-0.39, 0.29) is 10.8 Å². The Kier molecular flexibility index (Phi) is 4.67. The molecule has 1 unspecified atom stereocenters. The predicted molar refractivity (Wildman–Crippen MR) is 70.4 cm³/mol. The fraction of sp³-hybridized carbons (Fsp3) is 0.571. The fourth-order valence-corrected chi connectivity index (χ4v) is 1.88. The molecule has 0 aliphatic carbocycles. The van der Waals surface area contributed by atoms with Gasteiger partial charge in [0.1, 0.15) is 5.75 Å². The summed E-state index contributed by atoms with van der Waals surface area (Å²) in [7, 11) is 1.70. The number of hydrogen-bond donors (Lipinski definition) is 0. The largest absolute Gasteiger partial charge is 0.496 e. The molecular weight excluding hydrogens is 220 g/mol. The zero-order valence-electron chi connectivity index (χ0n) is 10.6. The molecule has 0 aliphatic heterocycles. The van der Waals surface area contributed by atoms with Gasteiger partial charge in [-0.15, -0.1) is 11.6 Å². The van der Waals surface area contributed by atoms with E-state index in [4.69, 9.17) is 16.3 Å². The lowest BCUT2D eigenvalue weighted by Gasteiger charge is -2.29. The van der Waals surface area contributed by atoms with Crippen LogP contribution in [0.2, 0.25) is 0 Å². The molecule has 0 radical (unpaired) electrons. The molecule has 0 aromatic heterocycles. The number of methoxy groups -OCH3 is 1. The molecular formula is C14H21ClO. The van der Waals surface area contributed by atoms with Crippen molar-refractivity contribution in [3.8, 4) is 5.75 Å². The number of rotatable bonds is 5. The summed E-state index contributed by atoms with van der Waals surface area (Å²) in [4.78, 5) is 0. The first-order valence-corrected chi connectivity index (χ1v) is 6.21. The van der Waals surface area contributed by atoms with Crippen LogP contribution in [0.15, 0.2) is 24.3 Å². The van der Waals surface area contributed by atoms with E-state index in [1.54, 1.807) is 7.11 Å². The molecule has 0 bridgehead atoms. The Morgan fingerprint density at radius 2 is 1.94 bits per heavy atom. The van der Waals surface area contributed by atoms with Gasteiger partial charge < -0.3 is 4.74 Å². The molecule has 16 heavy (non-hydrogen) atoms. The molecule has 0 saturated heterocycles. The van der Waals surface area contributed by atoms with E-state index < -0.39 is 0 Å². The van der Waals surface area contributed by atoms with E-state index in [2.05, 4.69) is 26.8 Å². The van der Waals surface area contributed by atoms with Gasteiger partial charge >= 0.3 is 0 Å². The molecule has 0 fully saturated rings. The highest BCUT2D eigenvalue weighted by Gasteiger charge is 2.26. The van der Waals surface area contributed by atoms with Gasteiger partial charge in [0.15, 0.2) is 0 Å². The number of benzene rings is 1. The summed E-state index contributed by atoms with van der Waals surface area (Å²) in [5.41, 5.74) is 1.34. The van der Waals surface area contributed by atoms with Crippen molar-refractivity contribution in [3.63, 3.8) is 0 Å². The van der Waals surface area contributed by atoms with Crippen molar-refractivity contribution < 1.29 is 4.74 Å². The third kappa shape index (κ3) is 3.15. The molecule has 0 aliphatic rings. The van der Waals surface area contributed by atoms with Crippen LogP contribution in [0.3, 0.4) is 0 Å². The van der Waals surface area contributed by atoms with Crippen molar-refractivity contribution in [2.45, 2.75) is 39.0 Å². The van der Waals surface area contributed by atoms with Crippen LogP contribution in [0.1, 0.15) is 32.8 Å². The van der Waals surface area contributed by atoms with Crippen molar-refractivity contribution in [2.75, 3.05) is 7.11 Å². The number of ether oxygens (including phenoxy) is 1. The molecule has 0 heterocycles. The van der Waals surface area contributed by atoms with Gasteiger partial charge in [-0.05, 0) is 29.9 Å². The summed E-state index contributed by atoms with van der Waals surface area (Å²) in [6, 6.07) is 8.08. The molecule has 2 heteroatoms. The summed E-state index contributed by atoms with van der Waals surface area (Å²) in [5, 5.41) is 0.133. The highest BCUT2D eigenvalue weighted by atomic mass is 35.5. The van der Waals surface area contributed by atoms with Crippen LogP contribution in [0.5, 0.6) is 5.75 Å². The zero-order chi connectivity index (χ0) is 12.2. The van der Waals surface area contributed by atoms with Crippen molar-refractivity contribution in [2.24, 2.45) is 5.41 Å². The summed E-state index contributed by atoms with van der Waals surface area (Å²) in [6.07, 6.45) is 1.93. The van der Waals surface area contributed by atoms with Gasteiger partial charge in [0.05, 0.1) is 7.11 Å². The Morgan fingerprint density at radius 3 is 2.50 bits per heavy atom. The quantitative estimate of drug-likeness (QED) is 0.698. The highest BCUT2D eigenvalue weighted by molar-refractivity contribution is 6.21. The maximum atomic E-state index is 6.48. The zero-order valence-corrected chi connectivity index (χ0v) is 11.3. The predicted octanol–water partition coefficient (Wildman–Crippen LogP) is 4.28. The van der Waals surface area contributed by atoms with Crippen LogP contribution in [0.25, 0.3) is 0 Å². The molecule has 90 valence electrons. The van der Waals surface area contributed by atoms with Crippen molar-refractivity contribution in [3.05, 3.63) is 29.8 Å². The SMILES string of the molecule is CCC(C)(C)C(Cl)Cc1ccccc1OC. The fourth-order valence-electron chi connectivity index (χ4n) is 1.56. The summed E-state index contributed by atoms with van der Waals surface area (Å²) >= 11 is 6.48.